The Labute approximate surface area is 157 Å². The van der Waals surface area contributed by atoms with Crippen molar-refractivity contribution in [3.05, 3.63) is 42.7 Å². The standard InChI is InChI=1S/C19H22N6O2/c1-26-14-4-6-15(7-5-14)27-19-17(21-11-13-3-2-9-20-13)12-22-18(24-19)16-8-10-23-25-16/h4-8,10,12-13,20-21H,2-3,9,11H2,1H3,(H,23,25)/t13-/m0/s1. The first kappa shape index (κ1) is 17.3. The third-order valence-electron chi connectivity index (χ3n) is 4.47. The predicted molar refractivity (Wildman–Crippen MR) is 102 cm³/mol. The van der Waals surface area contributed by atoms with Gasteiger partial charge in [0.1, 0.15) is 22.9 Å². The minimum Gasteiger partial charge on any atom is -0.497 e. The van der Waals surface area contributed by atoms with Gasteiger partial charge in [-0.3, -0.25) is 5.10 Å². The molecule has 3 aromatic rings. The molecule has 0 unspecified atom stereocenters. The minimum absolute atomic E-state index is 0.450. The van der Waals surface area contributed by atoms with Gasteiger partial charge in [0.25, 0.3) is 0 Å². The second kappa shape index (κ2) is 8.05. The molecule has 8 nitrogen and oxygen atoms in total. The van der Waals surface area contributed by atoms with Crippen molar-refractivity contribution in [1.82, 2.24) is 25.5 Å². The number of ether oxygens (including phenoxy) is 2. The van der Waals surface area contributed by atoms with Crippen molar-refractivity contribution in [3.8, 4) is 28.9 Å². The maximum atomic E-state index is 6.04. The van der Waals surface area contributed by atoms with Crippen molar-refractivity contribution in [2.75, 3.05) is 25.5 Å². The van der Waals surface area contributed by atoms with Gasteiger partial charge < -0.3 is 20.1 Å². The van der Waals surface area contributed by atoms with Crippen LogP contribution in [0.1, 0.15) is 12.8 Å². The number of hydrogen-bond acceptors (Lipinski definition) is 7. The van der Waals surface area contributed by atoms with E-state index in [0.717, 1.165) is 36.6 Å². The number of rotatable bonds is 7. The van der Waals surface area contributed by atoms with Gasteiger partial charge in [0.15, 0.2) is 5.82 Å². The molecule has 1 atom stereocenters. The van der Waals surface area contributed by atoms with Crippen LogP contribution >= 0.6 is 0 Å². The molecule has 1 aliphatic rings. The van der Waals surface area contributed by atoms with Crippen molar-refractivity contribution in [2.24, 2.45) is 0 Å². The quantitative estimate of drug-likeness (QED) is 0.591. The van der Waals surface area contributed by atoms with E-state index in [1.54, 1.807) is 19.5 Å². The van der Waals surface area contributed by atoms with Crippen LogP contribution in [0.15, 0.2) is 42.7 Å². The van der Waals surface area contributed by atoms with Gasteiger partial charge in [-0.2, -0.15) is 10.1 Å². The number of hydrogen-bond donors (Lipinski definition) is 3. The summed E-state index contributed by atoms with van der Waals surface area (Å²) in [7, 11) is 1.63. The zero-order valence-corrected chi connectivity index (χ0v) is 15.1. The van der Waals surface area contributed by atoms with Crippen molar-refractivity contribution >= 4 is 5.69 Å². The Kier molecular flexibility index (Phi) is 5.15. The molecule has 0 spiro atoms. The van der Waals surface area contributed by atoms with E-state index in [9.17, 15) is 0 Å². The van der Waals surface area contributed by atoms with Crippen molar-refractivity contribution in [2.45, 2.75) is 18.9 Å². The molecule has 0 bridgehead atoms. The highest BCUT2D eigenvalue weighted by molar-refractivity contribution is 5.58. The lowest BCUT2D eigenvalue weighted by atomic mass is 10.2. The zero-order valence-electron chi connectivity index (χ0n) is 15.1. The summed E-state index contributed by atoms with van der Waals surface area (Å²) in [6.07, 6.45) is 5.78. The van der Waals surface area contributed by atoms with E-state index in [1.165, 1.54) is 6.42 Å². The molecule has 4 rings (SSSR count). The largest absolute Gasteiger partial charge is 0.497 e. The van der Waals surface area contributed by atoms with Gasteiger partial charge in [-0.05, 0) is 49.7 Å². The molecular weight excluding hydrogens is 344 g/mol. The van der Waals surface area contributed by atoms with E-state index in [-0.39, 0.29) is 0 Å². The first-order valence-electron chi connectivity index (χ1n) is 8.98. The lowest BCUT2D eigenvalue weighted by Crippen LogP contribution is -2.29. The van der Waals surface area contributed by atoms with E-state index < -0.39 is 0 Å². The van der Waals surface area contributed by atoms with Gasteiger partial charge in [-0.25, -0.2) is 4.98 Å². The van der Waals surface area contributed by atoms with Gasteiger partial charge in [-0.15, -0.1) is 0 Å². The summed E-state index contributed by atoms with van der Waals surface area (Å²) in [4.78, 5) is 9.01. The molecule has 0 radical (unpaired) electrons. The third kappa shape index (κ3) is 4.17. The number of aromatic nitrogens is 4. The molecule has 1 saturated heterocycles. The molecule has 3 heterocycles. The van der Waals surface area contributed by atoms with Crippen LogP contribution in [0.5, 0.6) is 17.4 Å². The smallest absolute Gasteiger partial charge is 0.246 e. The van der Waals surface area contributed by atoms with Gasteiger partial charge in [0.05, 0.1) is 13.3 Å². The fourth-order valence-corrected chi connectivity index (χ4v) is 2.99. The number of nitrogens with one attached hydrogen (secondary N) is 3. The summed E-state index contributed by atoms with van der Waals surface area (Å²) in [6.45, 7) is 1.86. The van der Waals surface area contributed by atoms with Crippen LogP contribution in [0.25, 0.3) is 11.5 Å². The van der Waals surface area contributed by atoms with Crippen LogP contribution < -0.4 is 20.1 Å². The highest BCUT2D eigenvalue weighted by Crippen LogP contribution is 2.30. The Morgan fingerprint density at radius 2 is 2.04 bits per heavy atom. The molecule has 1 fully saturated rings. The lowest BCUT2D eigenvalue weighted by Gasteiger charge is -2.15. The fraction of sp³-hybridized carbons (Fsp3) is 0.316. The summed E-state index contributed by atoms with van der Waals surface area (Å²) in [5.41, 5.74) is 1.49. The van der Waals surface area contributed by atoms with Gasteiger partial charge >= 0.3 is 0 Å². The summed E-state index contributed by atoms with van der Waals surface area (Å²) in [5.74, 6) is 2.44. The Morgan fingerprint density at radius 3 is 2.74 bits per heavy atom. The SMILES string of the molecule is COc1ccc(Oc2nc(-c3ccn[nH]3)ncc2NC[C@@H]2CCCN2)cc1. The average molecular weight is 366 g/mol. The highest BCUT2D eigenvalue weighted by atomic mass is 16.5. The molecule has 1 aromatic carbocycles. The Balaban J connectivity index is 1.58. The van der Waals surface area contributed by atoms with E-state index >= 15 is 0 Å². The number of benzene rings is 1. The monoisotopic (exact) mass is 366 g/mol. The Bertz CT molecular complexity index is 860. The van der Waals surface area contributed by atoms with Crippen LogP contribution in [0, 0.1) is 0 Å². The van der Waals surface area contributed by atoms with Gasteiger partial charge in [0.2, 0.25) is 5.88 Å². The number of methoxy groups -OCH3 is 1. The maximum absolute atomic E-state index is 6.04. The molecule has 0 amide bonds. The third-order valence-corrected chi connectivity index (χ3v) is 4.47. The Morgan fingerprint density at radius 1 is 1.19 bits per heavy atom. The van der Waals surface area contributed by atoms with Crippen LogP contribution in [-0.2, 0) is 0 Å². The molecule has 3 N–H and O–H groups in total. The van der Waals surface area contributed by atoms with Crippen molar-refractivity contribution in [1.29, 1.82) is 0 Å². The van der Waals surface area contributed by atoms with Gasteiger partial charge in [0, 0.05) is 18.8 Å². The number of aromatic amines is 1. The van der Waals surface area contributed by atoms with Crippen molar-refractivity contribution < 1.29 is 9.47 Å². The normalized spacial score (nSPS) is 16.3. The number of H-pyrrole nitrogens is 1. The first-order chi connectivity index (χ1) is 13.3. The molecule has 0 saturated carbocycles. The summed E-state index contributed by atoms with van der Waals surface area (Å²) in [6, 6.07) is 9.66. The minimum atomic E-state index is 0.450. The zero-order chi connectivity index (χ0) is 18.5. The second-order valence-electron chi connectivity index (χ2n) is 6.33. The molecule has 1 aliphatic heterocycles. The van der Waals surface area contributed by atoms with Gasteiger partial charge in [-0.1, -0.05) is 0 Å². The first-order valence-corrected chi connectivity index (χ1v) is 8.98. The molecule has 2 aromatic heterocycles. The van der Waals surface area contributed by atoms with E-state index in [1.807, 2.05) is 30.3 Å². The van der Waals surface area contributed by atoms with Crippen LogP contribution in [0.4, 0.5) is 5.69 Å². The van der Waals surface area contributed by atoms with E-state index in [4.69, 9.17) is 9.47 Å². The molecule has 140 valence electrons. The molecule has 0 aliphatic carbocycles. The summed E-state index contributed by atoms with van der Waals surface area (Å²) in [5, 5.41) is 13.7. The topological polar surface area (TPSA) is 97.0 Å². The second-order valence-corrected chi connectivity index (χ2v) is 6.33. The molecule has 8 heteroatoms. The van der Waals surface area contributed by atoms with Crippen LogP contribution in [-0.4, -0.2) is 46.4 Å². The molecule has 27 heavy (non-hydrogen) atoms. The number of nitrogens with zero attached hydrogens (tertiary/aromatic N) is 3. The lowest BCUT2D eigenvalue weighted by molar-refractivity contribution is 0.412. The van der Waals surface area contributed by atoms with Crippen LogP contribution in [0.2, 0.25) is 0 Å². The summed E-state index contributed by atoms with van der Waals surface area (Å²) >= 11 is 0. The predicted octanol–water partition coefficient (Wildman–Crippen LogP) is 2.83. The van der Waals surface area contributed by atoms with Crippen molar-refractivity contribution in [3.63, 3.8) is 0 Å². The van der Waals surface area contributed by atoms with E-state index in [0.29, 0.717) is 23.5 Å². The fourth-order valence-electron chi connectivity index (χ4n) is 2.99. The molecular formula is C19H22N6O2. The maximum Gasteiger partial charge on any atom is 0.246 e. The van der Waals surface area contributed by atoms with Crippen LogP contribution in [0.3, 0.4) is 0 Å². The highest BCUT2D eigenvalue weighted by Gasteiger charge is 2.16. The van der Waals surface area contributed by atoms with E-state index in [2.05, 4.69) is 30.8 Å². The summed E-state index contributed by atoms with van der Waals surface area (Å²) < 4.78 is 11.2. The number of anilines is 1. The average Bonchev–Trinajstić information content (AvgIpc) is 3.42. The Hall–Kier alpha value is -3.13.